The van der Waals surface area contributed by atoms with E-state index in [0.717, 1.165) is 33.1 Å². The number of ether oxygens (including phenoxy) is 5. The molecule has 0 saturated heterocycles. The summed E-state index contributed by atoms with van der Waals surface area (Å²) in [6.07, 6.45) is 16.0. The number of unbranched alkanes of at least 4 members (excludes halogenated alkanes) is 14. The van der Waals surface area contributed by atoms with E-state index in [0.29, 0.717) is 6.42 Å². The van der Waals surface area contributed by atoms with E-state index in [1.807, 2.05) is 0 Å². The molecule has 0 amide bonds. The SMILES string of the molecule is CCCCCCCCCCCCCCCCCC(=O)OC(c1cnco1)c1nc(C(CC(OC(C)=O)C(OC(C)=O)C(C)OC(C)=O)OC(C)=O)co1. The van der Waals surface area contributed by atoms with Crippen LogP contribution in [0.1, 0.15) is 180 Å². The molecule has 14 heteroatoms. The van der Waals surface area contributed by atoms with Crippen molar-refractivity contribution in [3.8, 4) is 0 Å². The molecule has 0 fully saturated rings. The second-order valence-corrected chi connectivity index (χ2v) is 13.5. The van der Waals surface area contributed by atoms with Gasteiger partial charge in [0.2, 0.25) is 12.0 Å². The van der Waals surface area contributed by atoms with Crippen LogP contribution in [0.3, 0.4) is 0 Å². The van der Waals surface area contributed by atoms with Crippen LogP contribution in [0.25, 0.3) is 0 Å². The van der Waals surface area contributed by atoms with Crippen LogP contribution in [0.15, 0.2) is 27.7 Å². The van der Waals surface area contributed by atoms with Gasteiger partial charge in [-0.1, -0.05) is 96.8 Å². The van der Waals surface area contributed by atoms with Crippen molar-refractivity contribution >= 4 is 29.8 Å². The molecule has 5 unspecified atom stereocenters. The average Bonchev–Trinajstić information content (AvgIpc) is 3.80. The number of carbonyl (C=O) groups is 5. The Morgan fingerprint density at radius 2 is 1.19 bits per heavy atom. The van der Waals surface area contributed by atoms with Gasteiger partial charge in [-0.2, -0.15) is 0 Å². The average molecular weight is 749 g/mol. The van der Waals surface area contributed by atoms with Gasteiger partial charge < -0.3 is 32.5 Å². The van der Waals surface area contributed by atoms with Crippen molar-refractivity contribution in [3.05, 3.63) is 36.2 Å². The normalized spacial score (nSPS) is 14.0. The monoisotopic (exact) mass is 748 g/mol. The van der Waals surface area contributed by atoms with Crippen LogP contribution in [-0.4, -0.2) is 58.1 Å². The molecule has 0 N–H and O–H groups in total. The Morgan fingerprint density at radius 1 is 0.660 bits per heavy atom. The van der Waals surface area contributed by atoms with Crippen LogP contribution in [0, 0.1) is 0 Å². The van der Waals surface area contributed by atoms with Crippen LogP contribution >= 0.6 is 0 Å². The Hall–Kier alpha value is -4.23. The number of esters is 5. The molecule has 2 rings (SSSR count). The van der Waals surface area contributed by atoms with E-state index >= 15 is 0 Å². The number of nitrogens with zero attached hydrogens (tertiary/aromatic N) is 2. The van der Waals surface area contributed by atoms with Gasteiger partial charge in [0.05, 0.1) is 6.20 Å². The molecule has 0 aromatic carbocycles. The van der Waals surface area contributed by atoms with Gasteiger partial charge in [-0.3, -0.25) is 24.0 Å². The molecule has 298 valence electrons. The van der Waals surface area contributed by atoms with Crippen molar-refractivity contribution in [1.29, 1.82) is 0 Å². The predicted molar refractivity (Wildman–Crippen MR) is 192 cm³/mol. The van der Waals surface area contributed by atoms with Crippen molar-refractivity contribution in [2.24, 2.45) is 0 Å². The van der Waals surface area contributed by atoms with Gasteiger partial charge in [0.15, 0.2) is 24.4 Å². The fourth-order valence-electron chi connectivity index (χ4n) is 6.08. The third-order valence-electron chi connectivity index (χ3n) is 8.59. The molecule has 0 aliphatic carbocycles. The molecule has 0 saturated carbocycles. The molecule has 2 aromatic rings. The molecular formula is C39H60N2O12. The number of aromatic nitrogens is 2. The summed E-state index contributed by atoms with van der Waals surface area (Å²) in [4.78, 5) is 69.3. The second-order valence-electron chi connectivity index (χ2n) is 13.5. The van der Waals surface area contributed by atoms with E-state index in [9.17, 15) is 24.0 Å². The molecule has 0 spiro atoms. The maximum atomic E-state index is 12.9. The minimum atomic E-state index is -1.26. The number of hydrogen-bond acceptors (Lipinski definition) is 14. The highest BCUT2D eigenvalue weighted by Crippen LogP contribution is 2.32. The Kier molecular flexibility index (Phi) is 21.8. The van der Waals surface area contributed by atoms with E-state index in [1.54, 1.807) is 0 Å². The Morgan fingerprint density at radius 3 is 1.68 bits per heavy atom. The number of rotatable bonds is 28. The standard InChI is InChI=1S/C39H60N2O12/c1-7-8-9-10-11-12-13-14-15-16-17-18-19-20-21-22-36(46)53-38(35-24-40-26-48-35)39-41-32(25-47-39)33(50-29(4)43)23-34(51-30(5)44)37(52-31(6)45)27(2)49-28(3)42/h24-27,33-34,37-38H,7-23H2,1-6H3. The fourth-order valence-corrected chi connectivity index (χ4v) is 6.08. The van der Waals surface area contributed by atoms with Crippen molar-refractivity contribution in [2.75, 3.05) is 0 Å². The van der Waals surface area contributed by atoms with E-state index in [1.165, 1.54) is 110 Å². The highest BCUT2D eigenvalue weighted by Gasteiger charge is 2.38. The fraction of sp³-hybridized carbons (Fsp3) is 0.718. The van der Waals surface area contributed by atoms with Crippen molar-refractivity contribution in [2.45, 2.75) is 181 Å². The summed E-state index contributed by atoms with van der Waals surface area (Å²) in [5.74, 6) is -3.18. The Labute approximate surface area is 313 Å². The third-order valence-corrected chi connectivity index (χ3v) is 8.59. The smallest absolute Gasteiger partial charge is 0.307 e. The maximum absolute atomic E-state index is 12.9. The predicted octanol–water partition coefficient (Wildman–Crippen LogP) is 8.37. The van der Waals surface area contributed by atoms with Gasteiger partial charge in [0.1, 0.15) is 24.2 Å². The first-order valence-electron chi connectivity index (χ1n) is 19.1. The molecule has 2 heterocycles. The summed E-state index contributed by atoms with van der Waals surface area (Å²) in [5, 5.41) is 0. The van der Waals surface area contributed by atoms with Crippen LogP contribution in [0.2, 0.25) is 0 Å². The minimum Gasteiger partial charge on any atom is -0.459 e. The highest BCUT2D eigenvalue weighted by molar-refractivity contribution is 5.70. The van der Waals surface area contributed by atoms with E-state index in [-0.39, 0.29) is 30.2 Å². The molecule has 2 aromatic heterocycles. The van der Waals surface area contributed by atoms with Gasteiger partial charge in [0, 0.05) is 40.5 Å². The lowest BCUT2D eigenvalue weighted by Crippen LogP contribution is -2.44. The lowest BCUT2D eigenvalue weighted by atomic mass is 10.0. The van der Waals surface area contributed by atoms with Gasteiger partial charge in [0.25, 0.3) is 0 Å². The van der Waals surface area contributed by atoms with Crippen molar-refractivity contribution in [3.63, 3.8) is 0 Å². The molecular weight excluding hydrogens is 688 g/mol. The van der Waals surface area contributed by atoms with Crippen molar-refractivity contribution < 1.29 is 56.5 Å². The lowest BCUT2D eigenvalue weighted by Gasteiger charge is -2.31. The Bertz CT molecular complexity index is 1360. The van der Waals surface area contributed by atoms with Gasteiger partial charge in [-0.25, -0.2) is 9.97 Å². The molecule has 5 atom stereocenters. The van der Waals surface area contributed by atoms with Gasteiger partial charge in [-0.05, 0) is 13.3 Å². The summed E-state index contributed by atoms with van der Waals surface area (Å²) in [6, 6.07) is 0. The van der Waals surface area contributed by atoms with E-state index < -0.39 is 60.4 Å². The van der Waals surface area contributed by atoms with Crippen LogP contribution < -0.4 is 0 Å². The zero-order valence-corrected chi connectivity index (χ0v) is 32.4. The molecule has 0 aliphatic rings. The van der Waals surface area contributed by atoms with Crippen molar-refractivity contribution in [1.82, 2.24) is 9.97 Å². The van der Waals surface area contributed by atoms with E-state index in [4.69, 9.17) is 32.5 Å². The highest BCUT2D eigenvalue weighted by atomic mass is 16.6. The minimum absolute atomic E-state index is 0.0763. The summed E-state index contributed by atoms with van der Waals surface area (Å²) in [7, 11) is 0. The second kappa shape index (κ2) is 25.7. The summed E-state index contributed by atoms with van der Waals surface area (Å²) in [5.41, 5.74) is 0.0806. The number of oxazole rings is 2. The topological polar surface area (TPSA) is 184 Å². The maximum Gasteiger partial charge on any atom is 0.307 e. The van der Waals surface area contributed by atoms with Crippen LogP contribution in [0.4, 0.5) is 0 Å². The zero-order valence-electron chi connectivity index (χ0n) is 32.4. The molecule has 0 aliphatic heterocycles. The Balaban J connectivity index is 2.00. The molecule has 0 bridgehead atoms. The van der Waals surface area contributed by atoms with Crippen LogP contribution in [0.5, 0.6) is 0 Å². The van der Waals surface area contributed by atoms with Crippen LogP contribution in [-0.2, 0) is 47.7 Å². The first kappa shape index (κ1) is 44.9. The summed E-state index contributed by atoms with van der Waals surface area (Å²) < 4.78 is 38.5. The quantitative estimate of drug-likeness (QED) is 0.0459. The third kappa shape index (κ3) is 18.9. The summed E-state index contributed by atoms with van der Waals surface area (Å²) >= 11 is 0. The van der Waals surface area contributed by atoms with Gasteiger partial charge in [-0.15, -0.1) is 0 Å². The number of hydrogen-bond donors (Lipinski definition) is 0. The van der Waals surface area contributed by atoms with Gasteiger partial charge >= 0.3 is 29.8 Å². The molecule has 14 nitrogen and oxygen atoms in total. The summed E-state index contributed by atoms with van der Waals surface area (Å²) in [6.45, 7) is 8.37. The number of carbonyl (C=O) groups excluding carboxylic acids is 5. The zero-order chi connectivity index (χ0) is 39.0. The van der Waals surface area contributed by atoms with E-state index in [2.05, 4.69) is 16.9 Å². The molecule has 0 radical (unpaired) electrons. The largest absolute Gasteiger partial charge is 0.459 e. The first-order chi connectivity index (χ1) is 25.4. The lowest BCUT2D eigenvalue weighted by molar-refractivity contribution is -0.185. The molecule has 53 heavy (non-hydrogen) atoms. The first-order valence-corrected chi connectivity index (χ1v) is 19.1.